The van der Waals surface area contributed by atoms with Gasteiger partial charge < -0.3 is 45.1 Å². The van der Waals surface area contributed by atoms with E-state index in [-0.39, 0.29) is 19.4 Å². The molecule has 8 atom stereocenters. The van der Waals surface area contributed by atoms with Crippen molar-refractivity contribution in [1.29, 1.82) is 0 Å². The Kier molecular flexibility index (Phi) is 54.9. The van der Waals surface area contributed by atoms with Crippen LogP contribution in [0.3, 0.4) is 0 Å². The lowest BCUT2D eigenvalue weighted by Gasteiger charge is -2.41. The molecule has 480 valence electrons. The largest absolute Gasteiger partial charge is 0.454 e. The summed E-state index contributed by atoms with van der Waals surface area (Å²) in [6.07, 6.45) is 77.1. The van der Waals surface area contributed by atoms with Crippen molar-refractivity contribution in [2.24, 2.45) is 0 Å². The predicted octanol–water partition coefficient (Wildman–Crippen LogP) is 16.7. The second-order valence-electron chi connectivity index (χ2n) is 22.1. The van der Waals surface area contributed by atoms with E-state index < -0.39 is 67.4 Å². The van der Waals surface area contributed by atoms with Crippen LogP contribution in [0.25, 0.3) is 0 Å². The number of ether oxygens (including phenoxy) is 3. The van der Waals surface area contributed by atoms with Crippen LogP contribution in [-0.2, 0) is 23.8 Å². The average molecular weight is 1180 g/mol. The topological polar surface area (TPSA) is 175 Å². The number of hydrogen-bond acceptors (Lipinski definition) is 10. The first-order valence-corrected chi connectivity index (χ1v) is 33.3. The number of amides is 1. The molecular weight excluding hydrogens is 1060 g/mol. The number of hydrogen-bond donors (Lipinski definition) is 6. The SMILES string of the molecule is CC/C=C\C/C=C\C/C=C\C/C=C\C/C=C\C/C=C\CCCCCCCC(O)C(=O)NC(COC1OC(CO)C(O)C(O)C1OC(=O)CC/C=C\C/C=C\C/C=C\C/C=C\C/C=C\C/C=C\CC)C(O)/C=C/CCCCCCCCCCCCC. The van der Waals surface area contributed by atoms with Crippen molar-refractivity contribution in [3.8, 4) is 0 Å². The van der Waals surface area contributed by atoms with E-state index in [9.17, 15) is 35.1 Å². The fourth-order valence-corrected chi connectivity index (χ4v) is 9.27. The molecule has 11 heteroatoms. The summed E-state index contributed by atoms with van der Waals surface area (Å²) >= 11 is 0. The second-order valence-corrected chi connectivity index (χ2v) is 22.1. The van der Waals surface area contributed by atoms with E-state index in [1.807, 2.05) is 18.2 Å². The Morgan fingerprint density at radius 3 is 1.27 bits per heavy atom. The van der Waals surface area contributed by atoms with E-state index in [4.69, 9.17) is 14.2 Å². The molecule has 11 nitrogen and oxygen atoms in total. The van der Waals surface area contributed by atoms with Crippen molar-refractivity contribution in [1.82, 2.24) is 5.32 Å². The highest BCUT2D eigenvalue weighted by Crippen LogP contribution is 2.26. The van der Waals surface area contributed by atoms with Gasteiger partial charge in [0.05, 0.1) is 25.4 Å². The maximum absolute atomic E-state index is 13.5. The Morgan fingerprint density at radius 1 is 0.471 bits per heavy atom. The van der Waals surface area contributed by atoms with Crippen LogP contribution in [0.5, 0.6) is 0 Å². The Hall–Kier alpha value is -4.72. The number of carbonyl (C=O) groups is 2. The number of aliphatic hydroxyl groups is 5. The van der Waals surface area contributed by atoms with E-state index in [2.05, 4.69) is 160 Å². The highest BCUT2D eigenvalue weighted by atomic mass is 16.7. The van der Waals surface area contributed by atoms with Gasteiger partial charge in [-0.05, 0) is 116 Å². The maximum Gasteiger partial charge on any atom is 0.306 e. The van der Waals surface area contributed by atoms with Crippen molar-refractivity contribution >= 4 is 11.9 Å². The first kappa shape index (κ1) is 78.3. The van der Waals surface area contributed by atoms with Crippen molar-refractivity contribution in [3.63, 3.8) is 0 Å². The molecule has 1 aliphatic heterocycles. The summed E-state index contributed by atoms with van der Waals surface area (Å²) in [5.74, 6) is -1.31. The summed E-state index contributed by atoms with van der Waals surface area (Å²) in [6.45, 7) is 5.51. The Labute approximate surface area is 517 Å². The molecule has 85 heavy (non-hydrogen) atoms. The lowest BCUT2D eigenvalue weighted by atomic mass is 9.99. The van der Waals surface area contributed by atoms with Gasteiger partial charge in [0.2, 0.25) is 5.91 Å². The van der Waals surface area contributed by atoms with Crippen LogP contribution in [0, 0.1) is 0 Å². The zero-order chi connectivity index (χ0) is 61.7. The predicted molar refractivity (Wildman–Crippen MR) is 356 cm³/mol. The van der Waals surface area contributed by atoms with Gasteiger partial charge in [0, 0.05) is 6.42 Å². The van der Waals surface area contributed by atoms with Gasteiger partial charge >= 0.3 is 5.97 Å². The smallest absolute Gasteiger partial charge is 0.306 e. The van der Waals surface area contributed by atoms with E-state index in [0.29, 0.717) is 19.3 Å². The van der Waals surface area contributed by atoms with Crippen LogP contribution in [-0.4, -0.2) is 99.6 Å². The molecule has 0 aromatic rings. The van der Waals surface area contributed by atoms with Crippen LogP contribution in [0.1, 0.15) is 233 Å². The van der Waals surface area contributed by atoms with Gasteiger partial charge in [0.25, 0.3) is 0 Å². The van der Waals surface area contributed by atoms with Gasteiger partial charge in [0.15, 0.2) is 12.4 Å². The molecule has 1 heterocycles. The number of nitrogens with one attached hydrogen (secondary N) is 1. The first-order chi connectivity index (χ1) is 41.7. The zero-order valence-electron chi connectivity index (χ0n) is 53.2. The summed E-state index contributed by atoms with van der Waals surface area (Å²) in [5.41, 5.74) is 0. The van der Waals surface area contributed by atoms with Crippen molar-refractivity contribution < 1.29 is 49.3 Å². The van der Waals surface area contributed by atoms with Gasteiger partial charge in [-0.25, -0.2) is 0 Å². The van der Waals surface area contributed by atoms with Gasteiger partial charge in [-0.15, -0.1) is 0 Å². The molecule has 0 bridgehead atoms. The minimum atomic E-state index is -1.66. The molecular formula is C74H119NO10. The third-order valence-corrected chi connectivity index (χ3v) is 14.4. The average Bonchev–Trinajstić information content (AvgIpc) is 3.17. The molecule has 6 N–H and O–H groups in total. The Bertz CT molecular complexity index is 1990. The van der Waals surface area contributed by atoms with Crippen molar-refractivity contribution in [2.45, 2.75) is 282 Å². The fourth-order valence-electron chi connectivity index (χ4n) is 9.27. The molecule has 8 unspecified atom stereocenters. The van der Waals surface area contributed by atoms with Crippen LogP contribution in [0.4, 0.5) is 0 Å². The minimum Gasteiger partial charge on any atom is -0.454 e. The molecule has 1 amide bonds. The highest BCUT2D eigenvalue weighted by molar-refractivity contribution is 5.80. The lowest BCUT2D eigenvalue weighted by molar-refractivity contribution is -0.305. The molecule has 1 saturated heterocycles. The molecule has 0 radical (unpaired) electrons. The van der Waals surface area contributed by atoms with Gasteiger partial charge in [-0.2, -0.15) is 0 Å². The normalized spacial score (nSPS) is 19.5. The van der Waals surface area contributed by atoms with Crippen molar-refractivity contribution in [3.05, 3.63) is 158 Å². The van der Waals surface area contributed by atoms with Crippen LogP contribution in [0.2, 0.25) is 0 Å². The number of aliphatic hydroxyl groups excluding tert-OH is 5. The molecule has 0 aromatic heterocycles. The summed E-state index contributed by atoms with van der Waals surface area (Å²) in [5, 5.41) is 57.1. The Morgan fingerprint density at radius 2 is 0.847 bits per heavy atom. The Balaban J connectivity index is 2.71. The third-order valence-electron chi connectivity index (χ3n) is 14.4. The summed E-state index contributed by atoms with van der Waals surface area (Å²) < 4.78 is 17.6. The van der Waals surface area contributed by atoms with Gasteiger partial charge in [-0.1, -0.05) is 269 Å². The summed E-state index contributed by atoms with van der Waals surface area (Å²) in [7, 11) is 0. The maximum atomic E-state index is 13.5. The second kappa shape index (κ2) is 59.6. The summed E-state index contributed by atoms with van der Waals surface area (Å²) in [4.78, 5) is 26.6. The van der Waals surface area contributed by atoms with Gasteiger partial charge in [-0.3, -0.25) is 9.59 Å². The first-order valence-electron chi connectivity index (χ1n) is 33.3. The molecule has 1 fully saturated rings. The number of rotatable bonds is 54. The summed E-state index contributed by atoms with van der Waals surface area (Å²) in [6, 6.07) is -1.06. The van der Waals surface area contributed by atoms with Crippen molar-refractivity contribution in [2.75, 3.05) is 13.2 Å². The molecule has 0 saturated carbocycles. The van der Waals surface area contributed by atoms with Gasteiger partial charge in [0.1, 0.15) is 24.4 Å². The monoisotopic (exact) mass is 1180 g/mol. The van der Waals surface area contributed by atoms with E-state index in [1.165, 1.54) is 51.4 Å². The number of carbonyl (C=O) groups excluding carboxylic acids is 2. The molecule has 0 spiro atoms. The number of esters is 1. The quantitative estimate of drug-likeness (QED) is 0.0195. The van der Waals surface area contributed by atoms with Crippen LogP contribution in [0.15, 0.2) is 158 Å². The number of allylic oxidation sites excluding steroid dienone is 25. The standard InChI is InChI=1S/C74H119NO10/c1-4-7-10-13-16-19-22-25-27-29-31-32-33-34-35-37-38-40-43-46-49-52-55-58-61-67(78)73(82)75-65(66(77)60-57-54-51-48-45-42-24-21-18-15-12-9-6-3)64-83-74-72(71(81)70(80)68(63-76)84-74)85-69(79)62-59-56-53-50-47-44-41-39-36-30-28-26-23-20-17-14-11-8-5-2/h7-8,10-11,16-17,19-20,25-28,31-32,34-36,38-40,44,47,53,56-57,60,65-68,70-72,74,76-78,80-81H,4-6,9,12-15,18,21-24,29-30,33,37,41-43,45-46,48-52,54-55,58-59,61-64H2,1-3H3,(H,75,82)/b10-7-,11-8-,19-16-,20-17-,27-25-,28-26-,32-31-,35-34-,39-36-,40-38-,47-44-,56-53-,60-57+. The molecule has 0 aromatic carbocycles. The molecule has 1 aliphatic rings. The third kappa shape index (κ3) is 47.1. The van der Waals surface area contributed by atoms with Crippen LogP contribution >= 0.6 is 0 Å². The van der Waals surface area contributed by atoms with E-state index in [1.54, 1.807) is 6.08 Å². The molecule has 0 aliphatic carbocycles. The van der Waals surface area contributed by atoms with E-state index >= 15 is 0 Å². The minimum absolute atomic E-state index is 0.0127. The number of unbranched alkanes of at least 4 members (excludes halogenated alkanes) is 16. The highest BCUT2D eigenvalue weighted by Gasteiger charge is 2.47. The molecule has 1 rings (SSSR count). The van der Waals surface area contributed by atoms with E-state index in [0.717, 1.165) is 128 Å². The van der Waals surface area contributed by atoms with Crippen LogP contribution < -0.4 is 5.32 Å². The lowest BCUT2D eigenvalue weighted by Crippen LogP contribution is -2.61. The zero-order valence-corrected chi connectivity index (χ0v) is 53.2. The fraction of sp³-hybridized carbons (Fsp3) is 0.622.